The standard InChI is InChI=1S/C6H12NO2/c1-2-3-4-5-6(8)7-9/h2-5H2,1H3,(H-,7,8,9)/q-1. The summed E-state index contributed by atoms with van der Waals surface area (Å²) < 4.78 is 0. The third-order valence-electron chi connectivity index (χ3n) is 1.12. The SMILES string of the molecule is CCCCCC(=O)N[O-]. The Morgan fingerprint density at radius 3 is 2.67 bits per heavy atom. The molecule has 0 unspecified atom stereocenters. The second-order valence-corrected chi connectivity index (χ2v) is 1.98. The molecule has 0 aliphatic rings. The highest BCUT2D eigenvalue weighted by molar-refractivity contribution is 5.76. The number of hydroxylamine groups is 1. The molecule has 1 N–H and O–H groups in total. The van der Waals surface area contributed by atoms with Gasteiger partial charge in [-0.2, -0.15) is 0 Å². The zero-order valence-corrected chi connectivity index (χ0v) is 5.64. The van der Waals surface area contributed by atoms with Gasteiger partial charge >= 0.3 is 0 Å². The fraction of sp³-hybridized carbons (Fsp3) is 0.833. The molecule has 0 saturated carbocycles. The average molecular weight is 130 g/mol. The summed E-state index contributed by atoms with van der Waals surface area (Å²) in [7, 11) is 0. The minimum absolute atomic E-state index is 0.372. The largest absolute Gasteiger partial charge is 0.759 e. The van der Waals surface area contributed by atoms with Crippen LogP contribution in [0.15, 0.2) is 0 Å². The van der Waals surface area contributed by atoms with Crippen LogP contribution in [0.1, 0.15) is 32.6 Å². The van der Waals surface area contributed by atoms with Crippen molar-refractivity contribution in [2.45, 2.75) is 32.6 Å². The molecule has 0 aliphatic heterocycles. The van der Waals surface area contributed by atoms with Crippen molar-refractivity contribution in [3.63, 3.8) is 0 Å². The first-order valence-corrected chi connectivity index (χ1v) is 3.22. The summed E-state index contributed by atoms with van der Waals surface area (Å²) in [6.45, 7) is 2.05. The molecule has 0 spiro atoms. The molecule has 1 amide bonds. The van der Waals surface area contributed by atoms with Crippen molar-refractivity contribution in [2.75, 3.05) is 0 Å². The lowest BCUT2D eigenvalue weighted by molar-refractivity contribution is -0.120. The summed E-state index contributed by atoms with van der Waals surface area (Å²) in [4.78, 5) is 10.3. The second-order valence-electron chi connectivity index (χ2n) is 1.98. The molecule has 0 bridgehead atoms. The molecule has 0 radical (unpaired) electrons. The van der Waals surface area contributed by atoms with Crippen LogP contribution in [-0.4, -0.2) is 5.91 Å². The van der Waals surface area contributed by atoms with Crippen molar-refractivity contribution in [1.29, 1.82) is 0 Å². The third-order valence-corrected chi connectivity index (χ3v) is 1.12. The Bertz CT molecular complexity index is 83.1. The number of carbonyl (C=O) groups is 1. The molecule has 0 saturated heterocycles. The molecule has 0 rings (SSSR count). The zero-order valence-electron chi connectivity index (χ0n) is 5.64. The Labute approximate surface area is 55.0 Å². The van der Waals surface area contributed by atoms with Crippen LogP contribution in [0.3, 0.4) is 0 Å². The van der Waals surface area contributed by atoms with Crippen molar-refractivity contribution in [2.24, 2.45) is 0 Å². The first-order chi connectivity index (χ1) is 4.31. The van der Waals surface area contributed by atoms with Gasteiger partial charge in [0.1, 0.15) is 0 Å². The van der Waals surface area contributed by atoms with E-state index in [-0.39, 0.29) is 0 Å². The molecule has 54 valence electrons. The Morgan fingerprint density at radius 2 is 2.22 bits per heavy atom. The minimum atomic E-state index is -0.400. The molecule has 3 nitrogen and oxygen atoms in total. The normalized spacial score (nSPS) is 9.11. The van der Waals surface area contributed by atoms with Crippen molar-refractivity contribution in [3.8, 4) is 0 Å². The number of hydrogen-bond donors (Lipinski definition) is 1. The van der Waals surface area contributed by atoms with E-state index in [4.69, 9.17) is 0 Å². The van der Waals surface area contributed by atoms with E-state index >= 15 is 0 Å². The van der Waals surface area contributed by atoms with Gasteiger partial charge < -0.3 is 10.7 Å². The van der Waals surface area contributed by atoms with Crippen LogP contribution >= 0.6 is 0 Å². The van der Waals surface area contributed by atoms with Crippen LogP contribution < -0.4 is 5.48 Å². The van der Waals surface area contributed by atoms with Gasteiger partial charge in [-0.05, 0) is 6.42 Å². The highest BCUT2D eigenvalue weighted by atomic mass is 16.5. The number of carbonyl (C=O) groups excluding carboxylic acids is 1. The highest BCUT2D eigenvalue weighted by Crippen LogP contribution is 1.97. The van der Waals surface area contributed by atoms with Gasteiger partial charge in [-0.25, -0.2) is 0 Å². The number of rotatable bonds is 4. The van der Waals surface area contributed by atoms with Crippen LogP contribution in [0.5, 0.6) is 0 Å². The van der Waals surface area contributed by atoms with E-state index in [1.165, 1.54) is 5.48 Å². The molecule has 0 fully saturated rings. The summed E-state index contributed by atoms with van der Waals surface area (Å²) in [5.41, 5.74) is 1.33. The van der Waals surface area contributed by atoms with Gasteiger partial charge in [-0.3, -0.25) is 4.79 Å². The second kappa shape index (κ2) is 5.56. The lowest BCUT2D eigenvalue weighted by Gasteiger charge is -2.05. The third kappa shape index (κ3) is 5.30. The molecule has 0 aromatic carbocycles. The number of hydrogen-bond acceptors (Lipinski definition) is 2. The zero-order chi connectivity index (χ0) is 7.11. The van der Waals surface area contributed by atoms with Crippen molar-refractivity contribution in [1.82, 2.24) is 5.48 Å². The van der Waals surface area contributed by atoms with E-state index in [0.717, 1.165) is 19.3 Å². The maximum atomic E-state index is 10.3. The summed E-state index contributed by atoms with van der Waals surface area (Å²) in [5, 5.41) is 9.62. The highest BCUT2D eigenvalue weighted by Gasteiger charge is 1.92. The Morgan fingerprint density at radius 1 is 1.56 bits per heavy atom. The molecule has 0 heterocycles. The number of unbranched alkanes of at least 4 members (excludes halogenated alkanes) is 2. The van der Waals surface area contributed by atoms with Crippen molar-refractivity contribution in [3.05, 3.63) is 5.21 Å². The van der Waals surface area contributed by atoms with Gasteiger partial charge in [-0.15, -0.1) is 0 Å². The van der Waals surface area contributed by atoms with Crippen LogP contribution in [0, 0.1) is 5.21 Å². The molecular weight excluding hydrogens is 118 g/mol. The molecule has 9 heavy (non-hydrogen) atoms. The van der Waals surface area contributed by atoms with Crippen LogP contribution in [0.4, 0.5) is 0 Å². The fourth-order valence-electron chi connectivity index (χ4n) is 0.587. The first-order valence-electron chi connectivity index (χ1n) is 3.22. The lowest BCUT2D eigenvalue weighted by atomic mass is 10.2. The lowest BCUT2D eigenvalue weighted by Crippen LogP contribution is -2.14. The Kier molecular flexibility index (Phi) is 5.21. The van der Waals surface area contributed by atoms with E-state index in [0.29, 0.717) is 6.42 Å². The molecule has 0 atom stereocenters. The van der Waals surface area contributed by atoms with E-state index < -0.39 is 5.91 Å². The molecule has 3 heteroatoms. The van der Waals surface area contributed by atoms with Gasteiger partial charge in [0.2, 0.25) is 5.91 Å². The van der Waals surface area contributed by atoms with Gasteiger partial charge in [0.15, 0.2) is 0 Å². The molecule has 0 aliphatic carbocycles. The molecule has 0 aromatic heterocycles. The van der Waals surface area contributed by atoms with Gasteiger partial charge in [0.05, 0.1) is 0 Å². The van der Waals surface area contributed by atoms with Crippen molar-refractivity contribution < 1.29 is 4.79 Å². The van der Waals surface area contributed by atoms with Crippen LogP contribution in [0.25, 0.3) is 0 Å². The Hall–Kier alpha value is -0.570. The maximum absolute atomic E-state index is 10.3. The van der Waals surface area contributed by atoms with E-state index in [2.05, 4.69) is 6.92 Å². The summed E-state index contributed by atoms with van der Waals surface area (Å²) in [6.07, 6.45) is 3.29. The molecule has 0 aromatic rings. The quantitative estimate of drug-likeness (QED) is 0.459. The van der Waals surface area contributed by atoms with Gasteiger partial charge in [0, 0.05) is 6.42 Å². The maximum Gasteiger partial charge on any atom is 0.209 e. The topological polar surface area (TPSA) is 52.2 Å². The predicted molar refractivity (Wildman–Crippen MR) is 35.7 cm³/mol. The number of nitrogens with one attached hydrogen (secondary N) is 1. The van der Waals surface area contributed by atoms with E-state index in [1.54, 1.807) is 0 Å². The smallest absolute Gasteiger partial charge is 0.209 e. The Balaban J connectivity index is 2.97. The van der Waals surface area contributed by atoms with E-state index in [1.807, 2.05) is 0 Å². The monoisotopic (exact) mass is 130 g/mol. The van der Waals surface area contributed by atoms with Gasteiger partial charge in [-0.1, -0.05) is 19.8 Å². The van der Waals surface area contributed by atoms with Crippen molar-refractivity contribution >= 4 is 5.91 Å². The van der Waals surface area contributed by atoms with E-state index in [9.17, 15) is 10.0 Å². The van der Waals surface area contributed by atoms with Crippen LogP contribution in [-0.2, 0) is 4.79 Å². The predicted octanol–water partition coefficient (Wildman–Crippen LogP) is 1.18. The first kappa shape index (κ1) is 8.43. The average Bonchev–Trinajstić information content (AvgIpc) is 1.89. The van der Waals surface area contributed by atoms with Crippen LogP contribution in [0.2, 0.25) is 0 Å². The summed E-state index contributed by atoms with van der Waals surface area (Å²) >= 11 is 0. The molecular formula is C6H12NO2-. The minimum Gasteiger partial charge on any atom is -0.759 e. The number of amides is 1. The summed E-state index contributed by atoms with van der Waals surface area (Å²) in [6, 6.07) is 0. The van der Waals surface area contributed by atoms with Gasteiger partial charge in [0.25, 0.3) is 0 Å². The fourth-order valence-corrected chi connectivity index (χ4v) is 0.587. The summed E-state index contributed by atoms with van der Waals surface area (Å²) in [5.74, 6) is -0.400.